The van der Waals surface area contributed by atoms with Gasteiger partial charge in [0, 0.05) is 0 Å². The Balaban J connectivity index is 2.03. The smallest absolute Gasteiger partial charge is 0.422 e. The van der Waals surface area contributed by atoms with E-state index in [1.54, 1.807) is 18.2 Å². The molecule has 3 aromatic carbocycles. The third kappa shape index (κ3) is 3.36. The molecule has 0 amide bonds. The summed E-state index contributed by atoms with van der Waals surface area (Å²) in [5, 5.41) is 12.1. The molecule has 0 saturated carbocycles. The van der Waals surface area contributed by atoms with Crippen LogP contribution in [0.2, 0.25) is 0 Å². The first-order valence-corrected chi connectivity index (χ1v) is 6.72. The summed E-state index contributed by atoms with van der Waals surface area (Å²) in [5.41, 5.74) is 0.154. The average molecular weight is 320 g/mol. The molecule has 23 heavy (non-hydrogen) atoms. The van der Waals surface area contributed by atoms with Crippen LogP contribution in [0, 0.1) is 0 Å². The van der Waals surface area contributed by atoms with Crippen molar-refractivity contribution in [2.75, 3.05) is 6.61 Å². The van der Waals surface area contributed by atoms with Crippen molar-refractivity contribution in [2.45, 2.75) is 6.18 Å². The minimum Gasteiger partial charge on any atom is -0.484 e. The highest BCUT2D eigenvalue weighted by Crippen LogP contribution is 2.28. The van der Waals surface area contributed by atoms with Gasteiger partial charge in [-0.15, -0.1) is 0 Å². The van der Waals surface area contributed by atoms with Crippen LogP contribution in [0.3, 0.4) is 0 Å². The molecule has 0 saturated heterocycles. The molecular weight excluding hydrogens is 309 g/mol. The van der Waals surface area contributed by atoms with Crippen LogP contribution in [-0.4, -0.2) is 23.9 Å². The first kappa shape index (κ1) is 15.1. The zero-order valence-electron chi connectivity index (χ0n) is 11.7. The molecule has 3 rings (SSSR count). The first-order chi connectivity index (χ1) is 10.8. The van der Waals surface area contributed by atoms with Crippen LogP contribution < -0.4 is 4.74 Å². The molecule has 0 unspecified atom stereocenters. The lowest BCUT2D eigenvalue weighted by atomic mass is 10.0. The maximum absolute atomic E-state index is 12.2. The van der Waals surface area contributed by atoms with Gasteiger partial charge in [0.15, 0.2) is 6.61 Å². The van der Waals surface area contributed by atoms with E-state index in [1.807, 2.05) is 6.07 Å². The number of halogens is 3. The van der Waals surface area contributed by atoms with Gasteiger partial charge in [0.1, 0.15) is 5.75 Å². The monoisotopic (exact) mass is 320 g/mol. The van der Waals surface area contributed by atoms with Crippen LogP contribution in [0.5, 0.6) is 5.75 Å². The number of aromatic carboxylic acids is 1. The Labute approximate surface area is 128 Å². The predicted molar refractivity (Wildman–Crippen MR) is 80.0 cm³/mol. The summed E-state index contributed by atoms with van der Waals surface area (Å²) in [6.45, 7) is -1.35. The van der Waals surface area contributed by atoms with Gasteiger partial charge in [0.2, 0.25) is 0 Å². The third-order valence-corrected chi connectivity index (χ3v) is 3.42. The fourth-order valence-corrected chi connectivity index (χ4v) is 2.36. The average Bonchev–Trinajstić information content (AvgIpc) is 2.49. The van der Waals surface area contributed by atoms with Crippen molar-refractivity contribution in [1.82, 2.24) is 0 Å². The minimum atomic E-state index is -4.39. The Morgan fingerprint density at radius 2 is 1.52 bits per heavy atom. The van der Waals surface area contributed by atoms with Gasteiger partial charge in [-0.1, -0.05) is 12.1 Å². The van der Waals surface area contributed by atoms with Crippen molar-refractivity contribution in [3.63, 3.8) is 0 Å². The molecule has 6 heteroatoms. The van der Waals surface area contributed by atoms with Gasteiger partial charge in [-0.3, -0.25) is 0 Å². The molecule has 1 N–H and O–H groups in total. The number of benzene rings is 3. The van der Waals surface area contributed by atoms with E-state index in [-0.39, 0.29) is 11.3 Å². The Morgan fingerprint density at radius 3 is 2.17 bits per heavy atom. The van der Waals surface area contributed by atoms with E-state index in [0.717, 1.165) is 10.8 Å². The summed E-state index contributed by atoms with van der Waals surface area (Å²) < 4.78 is 41.3. The van der Waals surface area contributed by atoms with Gasteiger partial charge in [0.25, 0.3) is 0 Å². The van der Waals surface area contributed by atoms with Crippen LogP contribution in [0.4, 0.5) is 13.2 Å². The maximum atomic E-state index is 12.2. The Bertz CT molecular complexity index is 901. The van der Waals surface area contributed by atoms with E-state index in [4.69, 9.17) is 9.84 Å². The lowest BCUT2D eigenvalue weighted by Crippen LogP contribution is -2.19. The third-order valence-electron chi connectivity index (χ3n) is 3.42. The lowest BCUT2D eigenvalue weighted by molar-refractivity contribution is -0.153. The summed E-state index contributed by atoms with van der Waals surface area (Å²) >= 11 is 0. The van der Waals surface area contributed by atoms with Crippen molar-refractivity contribution < 1.29 is 27.8 Å². The number of hydrogen-bond donors (Lipinski definition) is 1. The molecule has 0 spiro atoms. The molecule has 0 aliphatic rings. The standard InChI is InChI=1S/C17H11F3O3/c18-17(19,20)9-23-15-4-3-11-5-10-1-2-12(16(21)22)6-13(10)7-14(11)8-15/h1-8H,9H2,(H,21,22). The normalized spacial score (nSPS) is 11.8. The van der Waals surface area contributed by atoms with Gasteiger partial charge >= 0.3 is 12.1 Å². The topological polar surface area (TPSA) is 46.5 Å². The molecule has 0 atom stereocenters. The number of carboxylic acids is 1. The summed E-state index contributed by atoms with van der Waals surface area (Å²) in [6.07, 6.45) is -4.39. The summed E-state index contributed by atoms with van der Waals surface area (Å²) in [6, 6.07) is 13.0. The zero-order chi connectivity index (χ0) is 16.6. The van der Waals surface area contributed by atoms with Gasteiger partial charge in [-0.2, -0.15) is 13.2 Å². The van der Waals surface area contributed by atoms with E-state index in [1.165, 1.54) is 24.3 Å². The van der Waals surface area contributed by atoms with Gasteiger partial charge < -0.3 is 9.84 Å². The maximum Gasteiger partial charge on any atom is 0.422 e. The molecule has 0 bridgehead atoms. The van der Waals surface area contributed by atoms with Crippen LogP contribution in [-0.2, 0) is 0 Å². The molecular formula is C17H11F3O3. The highest BCUT2D eigenvalue weighted by Gasteiger charge is 2.28. The number of rotatable bonds is 3. The molecule has 0 fully saturated rings. The molecule has 0 aliphatic carbocycles. The number of fused-ring (bicyclic) bond motifs is 2. The van der Waals surface area contributed by atoms with E-state index >= 15 is 0 Å². The largest absolute Gasteiger partial charge is 0.484 e. The number of alkyl halides is 3. The van der Waals surface area contributed by atoms with E-state index < -0.39 is 18.8 Å². The molecule has 0 heterocycles. The quantitative estimate of drug-likeness (QED) is 0.716. The second-order valence-electron chi connectivity index (χ2n) is 5.13. The first-order valence-electron chi connectivity index (χ1n) is 6.72. The second kappa shape index (κ2) is 5.46. The summed E-state index contributed by atoms with van der Waals surface area (Å²) in [7, 11) is 0. The number of carboxylic acid groups (broad SMARTS) is 1. The van der Waals surface area contributed by atoms with Crippen molar-refractivity contribution in [3.8, 4) is 5.75 Å². The van der Waals surface area contributed by atoms with Gasteiger partial charge in [-0.05, 0) is 57.9 Å². The summed E-state index contributed by atoms with van der Waals surface area (Å²) in [5.74, 6) is -0.919. The SMILES string of the molecule is O=C(O)c1ccc2cc3ccc(OCC(F)(F)F)cc3cc2c1. The van der Waals surface area contributed by atoms with E-state index in [2.05, 4.69) is 0 Å². The lowest BCUT2D eigenvalue weighted by Gasteiger charge is -2.10. The number of carbonyl (C=O) groups is 1. The molecule has 0 aromatic heterocycles. The molecule has 0 radical (unpaired) electrons. The fourth-order valence-electron chi connectivity index (χ4n) is 2.36. The van der Waals surface area contributed by atoms with Gasteiger partial charge in [-0.25, -0.2) is 4.79 Å². The van der Waals surface area contributed by atoms with Crippen LogP contribution >= 0.6 is 0 Å². The highest BCUT2D eigenvalue weighted by molar-refractivity contribution is 6.01. The number of ether oxygens (including phenoxy) is 1. The van der Waals surface area contributed by atoms with Crippen LogP contribution in [0.1, 0.15) is 10.4 Å². The number of hydrogen-bond acceptors (Lipinski definition) is 2. The molecule has 3 aromatic rings. The highest BCUT2D eigenvalue weighted by atomic mass is 19.4. The Morgan fingerprint density at radius 1 is 0.913 bits per heavy atom. The minimum absolute atomic E-state index is 0.114. The van der Waals surface area contributed by atoms with Crippen molar-refractivity contribution in [2.24, 2.45) is 0 Å². The van der Waals surface area contributed by atoms with E-state index in [9.17, 15) is 18.0 Å². The molecule has 118 valence electrons. The Hall–Kier alpha value is -2.76. The van der Waals surface area contributed by atoms with Crippen LogP contribution in [0.15, 0.2) is 48.5 Å². The second-order valence-corrected chi connectivity index (χ2v) is 5.13. The van der Waals surface area contributed by atoms with Crippen molar-refractivity contribution >= 4 is 27.5 Å². The fraction of sp³-hybridized carbons (Fsp3) is 0.118. The zero-order valence-corrected chi connectivity index (χ0v) is 11.7. The van der Waals surface area contributed by atoms with Crippen molar-refractivity contribution in [1.29, 1.82) is 0 Å². The van der Waals surface area contributed by atoms with Gasteiger partial charge in [0.05, 0.1) is 5.56 Å². The van der Waals surface area contributed by atoms with E-state index in [0.29, 0.717) is 10.8 Å². The Kier molecular flexibility index (Phi) is 3.60. The van der Waals surface area contributed by atoms with Crippen molar-refractivity contribution in [3.05, 3.63) is 54.1 Å². The predicted octanol–water partition coefficient (Wildman–Crippen LogP) is 4.63. The molecule has 3 nitrogen and oxygen atoms in total. The molecule has 0 aliphatic heterocycles. The van der Waals surface area contributed by atoms with Crippen LogP contribution in [0.25, 0.3) is 21.5 Å². The summed E-state index contributed by atoms with van der Waals surface area (Å²) in [4.78, 5) is 11.0.